The van der Waals surface area contributed by atoms with E-state index in [0.717, 1.165) is 42.9 Å². The number of amides is 1. The molecule has 0 aromatic heterocycles. The zero-order chi connectivity index (χ0) is 22.8. The Hall–Kier alpha value is -2.14. The van der Waals surface area contributed by atoms with Gasteiger partial charge in [0.15, 0.2) is 0 Å². The summed E-state index contributed by atoms with van der Waals surface area (Å²) in [5, 5.41) is 0. The summed E-state index contributed by atoms with van der Waals surface area (Å²) in [7, 11) is 0. The first-order valence-corrected chi connectivity index (χ1v) is 12.9. The van der Waals surface area contributed by atoms with Crippen molar-refractivity contribution in [1.29, 1.82) is 0 Å². The fourth-order valence-electron chi connectivity index (χ4n) is 4.49. The van der Waals surface area contributed by atoms with Crippen LogP contribution < -0.4 is 4.74 Å². The number of ether oxygens (including phenoxy) is 2. The molecule has 2 aliphatic rings. The molecule has 4 rings (SSSR count). The normalized spacial score (nSPS) is 17.6. The number of carbonyl (C=O) groups excluding carboxylic acids is 1. The summed E-state index contributed by atoms with van der Waals surface area (Å²) in [6.45, 7) is 9.29. The van der Waals surface area contributed by atoms with E-state index >= 15 is 0 Å². The first-order chi connectivity index (χ1) is 15.3. The number of thioether (sulfide) groups is 1. The molecule has 2 aliphatic heterocycles. The van der Waals surface area contributed by atoms with Gasteiger partial charge in [0.25, 0.3) is 0 Å². The Bertz CT molecular complexity index is 940. The van der Waals surface area contributed by atoms with Crippen LogP contribution in [0.25, 0.3) is 11.1 Å². The molecule has 5 heteroatoms. The quantitative estimate of drug-likeness (QED) is 0.516. The first kappa shape index (κ1) is 23.0. The standard InChI is InChI=1S/C27H35NO3S/c1-5-32-19-20-6-8-21(9-7-20)22-10-11-24-23(18-22)12-13-27(30-24)14-16-28(17-15-27)25(29)31-26(2,3)4/h6-11,18H,5,12-17,19H2,1-4H3. The highest BCUT2D eigenvalue weighted by atomic mass is 32.2. The first-order valence-electron chi connectivity index (χ1n) is 11.7. The number of likely N-dealkylation sites (tertiary alicyclic amines) is 1. The highest BCUT2D eigenvalue weighted by Crippen LogP contribution is 2.41. The van der Waals surface area contributed by atoms with Crippen molar-refractivity contribution in [3.63, 3.8) is 0 Å². The van der Waals surface area contributed by atoms with Gasteiger partial charge >= 0.3 is 6.09 Å². The van der Waals surface area contributed by atoms with Crippen LogP contribution in [0.5, 0.6) is 5.75 Å². The molecule has 2 aromatic carbocycles. The minimum Gasteiger partial charge on any atom is -0.487 e. The third-order valence-corrected chi connectivity index (χ3v) is 7.27. The third-order valence-electron chi connectivity index (χ3n) is 6.32. The number of benzene rings is 2. The minimum absolute atomic E-state index is 0.161. The van der Waals surface area contributed by atoms with E-state index in [-0.39, 0.29) is 11.7 Å². The van der Waals surface area contributed by atoms with E-state index in [4.69, 9.17) is 9.47 Å². The minimum atomic E-state index is -0.459. The Kier molecular flexibility index (Phi) is 6.75. The van der Waals surface area contributed by atoms with E-state index in [0.29, 0.717) is 13.1 Å². The molecule has 1 fully saturated rings. The molecule has 0 N–H and O–H groups in total. The average molecular weight is 454 g/mol. The SMILES string of the molecule is CCSCc1ccc(-c2ccc3c(c2)CCC2(CCN(C(=O)OC(C)(C)C)CC2)O3)cc1. The molecule has 0 unspecified atom stereocenters. The van der Waals surface area contributed by atoms with Crippen LogP contribution in [0.15, 0.2) is 42.5 Å². The van der Waals surface area contributed by atoms with Crippen molar-refractivity contribution in [3.05, 3.63) is 53.6 Å². The van der Waals surface area contributed by atoms with Gasteiger partial charge in [-0.2, -0.15) is 11.8 Å². The number of rotatable bonds is 4. The largest absolute Gasteiger partial charge is 0.487 e. The zero-order valence-electron chi connectivity index (χ0n) is 19.8. The molecular formula is C27H35NO3S. The molecule has 2 heterocycles. The number of hydrogen-bond donors (Lipinski definition) is 0. The Morgan fingerprint density at radius 1 is 1.06 bits per heavy atom. The highest BCUT2D eigenvalue weighted by Gasteiger charge is 2.41. The van der Waals surface area contributed by atoms with E-state index in [9.17, 15) is 4.79 Å². The van der Waals surface area contributed by atoms with Crippen LogP contribution in [0.3, 0.4) is 0 Å². The van der Waals surface area contributed by atoms with Gasteiger partial charge in [0.05, 0.1) is 0 Å². The molecule has 4 nitrogen and oxygen atoms in total. The number of aryl methyl sites for hydroxylation is 1. The van der Waals surface area contributed by atoms with Gasteiger partial charge in [-0.1, -0.05) is 37.3 Å². The van der Waals surface area contributed by atoms with Gasteiger partial charge in [-0.25, -0.2) is 4.79 Å². The Labute approximate surface area is 196 Å². The van der Waals surface area contributed by atoms with Gasteiger partial charge < -0.3 is 14.4 Å². The lowest BCUT2D eigenvalue weighted by Gasteiger charge is -2.44. The highest BCUT2D eigenvalue weighted by molar-refractivity contribution is 7.98. The predicted octanol–water partition coefficient (Wildman–Crippen LogP) is 6.70. The second kappa shape index (κ2) is 9.38. The summed E-state index contributed by atoms with van der Waals surface area (Å²) in [6, 6.07) is 15.5. The topological polar surface area (TPSA) is 38.8 Å². The lowest BCUT2D eigenvalue weighted by Crippen LogP contribution is -2.52. The summed E-state index contributed by atoms with van der Waals surface area (Å²) in [5.41, 5.74) is 4.54. The summed E-state index contributed by atoms with van der Waals surface area (Å²) >= 11 is 1.95. The molecule has 1 spiro atoms. The molecule has 32 heavy (non-hydrogen) atoms. The lowest BCUT2D eigenvalue weighted by atomic mass is 9.82. The molecule has 172 valence electrons. The molecule has 1 saturated heterocycles. The van der Waals surface area contributed by atoms with Crippen LogP contribution in [0.4, 0.5) is 4.79 Å². The summed E-state index contributed by atoms with van der Waals surface area (Å²) < 4.78 is 12.1. The van der Waals surface area contributed by atoms with Crippen molar-refractivity contribution in [2.45, 2.75) is 70.3 Å². The molecular weight excluding hydrogens is 418 g/mol. The monoisotopic (exact) mass is 453 g/mol. The van der Waals surface area contributed by atoms with Crippen LogP contribution in [0.2, 0.25) is 0 Å². The second-order valence-corrected chi connectivity index (χ2v) is 11.2. The average Bonchev–Trinajstić information content (AvgIpc) is 2.77. The number of fused-ring (bicyclic) bond motifs is 1. The predicted molar refractivity (Wildman–Crippen MR) is 132 cm³/mol. The number of piperidine rings is 1. The van der Waals surface area contributed by atoms with Crippen LogP contribution in [0, 0.1) is 0 Å². The van der Waals surface area contributed by atoms with Crippen molar-refractivity contribution in [1.82, 2.24) is 4.90 Å². The molecule has 1 amide bonds. The number of hydrogen-bond acceptors (Lipinski definition) is 4. The maximum atomic E-state index is 12.4. The van der Waals surface area contributed by atoms with Gasteiger partial charge in [-0.05, 0) is 73.8 Å². The fourth-order valence-corrected chi connectivity index (χ4v) is 5.12. The van der Waals surface area contributed by atoms with E-state index in [1.807, 2.05) is 37.4 Å². The second-order valence-electron chi connectivity index (χ2n) is 9.91. The van der Waals surface area contributed by atoms with Crippen molar-refractivity contribution in [2.24, 2.45) is 0 Å². The zero-order valence-corrected chi connectivity index (χ0v) is 20.6. The number of carbonyl (C=O) groups is 1. The van der Waals surface area contributed by atoms with Crippen LogP contribution in [0.1, 0.15) is 58.1 Å². The maximum Gasteiger partial charge on any atom is 0.410 e. The Morgan fingerprint density at radius 3 is 2.41 bits per heavy atom. The van der Waals surface area contributed by atoms with E-state index in [1.54, 1.807) is 0 Å². The Balaban J connectivity index is 1.39. The molecule has 0 atom stereocenters. The molecule has 0 saturated carbocycles. The molecule has 2 aromatic rings. The van der Waals surface area contributed by atoms with Crippen LogP contribution >= 0.6 is 11.8 Å². The summed E-state index contributed by atoms with van der Waals surface area (Å²) in [4.78, 5) is 14.2. The van der Waals surface area contributed by atoms with Crippen molar-refractivity contribution >= 4 is 17.9 Å². The van der Waals surface area contributed by atoms with E-state index in [2.05, 4.69) is 49.4 Å². The van der Waals surface area contributed by atoms with Gasteiger partial charge in [0.1, 0.15) is 17.0 Å². The number of nitrogens with zero attached hydrogens (tertiary/aromatic N) is 1. The van der Waals surface area contributed by atoms with E-state index in [1.165, 1.54) is 22.3 Å². The fraction of sp³-hybridized carbons (Fsp3) is 0.519. The summed E-state index contributed by atoms with van der Waals surface area (Å²) in [6.07, 6.45) is 3.50. The molecule has 0 bridgehead atoms. The maximum absolute atomic E-state index is 12.4. The van der Waals surface area contributed by atoms with Crippen LogP contribution in [-0.4, -0.2) is 41.0 Å². The molecule has 0 aliphatic carbocycles. The van der Waals surface area contributed by atoms with E-state index < -0.39 is 5.60 Å². The van der Waals surface area contributed by atoms with Gasteiger partial charge in [0.2, 0.25) is 0 Å². The lowest BCUT2D eigenvalue weighted by molar-refractivity contribution is -0.0272. The van der Waals surface area contributed by atoms with Gasteiger partial charge in [0, 0.05) is 31.7 Å². The van der Waals surface area contributed by atoms with Crippen molar-refractivity contribution in [3.8, 4) is 16.9 Å². The third kappa shape index (κ3) is 5.43. The van der Waals surface area contributed by atoms with Crippen molar-refractivity contribution in [2.75, 3.05) is 18.8 Å². The van der Waals surface area contributed by atoms with Gasteiger partial charge in [-0.3, -0.25) is 0 Å². The smallest absolute Gasteiger partial charge is 0.410 e. The van der Waals surface area contributed by atoms with Crippen molar-refractivity contribution < 1.29 is 14.3 Å². The van der Waals surface area contributed by atoms with Crippen LogP contribution in [-0.2, 0) is 16.9 Å². The molecule has 0 radical (unpaired) electrons. The Morgan fingerprint density at radius 2 is 1.75 bits per heavy atom. The summed E-state index contributed by atoms with van der Waals surface area (Å²) in [5.74, 6) is 3.22. The van der Waals surface area contributed by atoms with Gasteiger partial charge in [-0.15, -0.1) is 0 Å².